The summed E-state index contributed by atoms with van der Waals surface area (Å²) in [6.45, 7) is 4.52. The number of amides is 1. The third-order valence-electron chi connectivity index (χ3n) is 7.10. The van der Waals surface area contributed by atoms with Crippen LogP contribution in [0, 0.1) is 12.8 Å². The van der Waals surface area contributed by atoms with Gasteiger partial charge in [-0.3, -0.25) is 4.79 Å². The molecule has 6 nitrogen and oxygen atoms in total. The summed E-state index contributed by atoms with van der Waals surface area (Å²) in [5.74, 6) is 0.794. The number of aromatic nitrogens is 3. The number of piperidine rings is 1. The average Bonchev–Trinajstić information content (AvgIpc) is 3.48. The van der Waals surface area contributed by atoms with E-state index in [2.05, 4.69) is 56.1 Å². The molecule has 1 amide bonds. The van der Waals surface area contributed by atoms with Crippen LogP contribution in [-0.2, 0) is 6.54 Å². The van der Waals surface area contributed by atoms with E-state index in [1.54, 1.807) is 0 Å². The van der Waals surface area contributed by atoms with Gasteiger partial charge in [-0.25, -0.2) is 4.98 Å². The lowest BCUT2D eigenvalue weighted by atomic mass is 10.1. The van der Waals surface area contributed by atoms with E-state index in [1.807, 2.05) is 23.2 Å². The van der Waals surface area contributed by atoms with Crippen LogP contribution in [0.25, 0.3) is 27.9 Å². The molecule has 1 atom stereocenters. The summed E-state index contributed by atoms with van der Waals surface area (Å²) in [7, 11) is 0. The Morgan fingerprint density at radius 1 is 1.18 bits per heavy atom. The molecule has 1 aliphatic carbocycles. The smallest absolute Gasteiger partial charge is 0.254 e. The Hall–Kier alpha value is -2.64. The number of hydrogen-bond donors (Lipinski definition) is 1. The molecule has 2 fully saturated rings. The Labute approximate surface area is 201 Å². The quantitative estimate of drug-likeness (QED) is 0.424. The van der Waals surface area contributed by atoms with Crippen LogP contribution in [-0.4, -0.2) is 43.9 Å². The Kier molecular flexibility index (Phi) is 5.07. The lowest BCUT2D eigenvalue weighted by molar-refractivity contribution is 0.0709. The minimum absolute atomic E-state index is 0.0440. The number of aryl methyl sites for hydroxylation is 1. The first-order valence-corrected chi connectivity index (χ1v) is 12.6. The molecule has 0 bridgehead atoms. The fraction of sp³-hybridized carbons (Fsp3) is 0.385. The molecule has 1 aliphatic heterocycles. The van der Waals surface area contributed by atoms with Gasteiger partial charge in [0, 0.05) is 58.5 Å². The van der Waals surface area contributed by atoms with E-state index in [0.717, 1.165) is 59.1 Å². The maximum atomic E-state index is 13.1. The van der Waals surface area contributed by atoms with Crippen molar-refractivity contribution in [3.63, 3.8) is 0 Å². The number of benzene rings is 1. The van der Waals surface area contributed by atoms with Crippen molar-refractivity contribution in [1.29, 1.82) is 0 Å². The van der Waals surface area contributed by atoms with E-state index < -0.39 is 0 Å². The van der Waals surface area contributed by atoms with E-state index in [-0.39, 0.29) is 11.9 Å². The van der Waals surface area contributed by atoms with Crippen LogP contribution in [0.1, 0.15) is 41.7 Å². The van der Waals surface area contributed by atoms with Gasteiger partial charge in [0.15, 0.2) is 0 Å². The van der Waals surface area contributed by atoms with Crippen molar-refractivity contribution in [3.8, 4) is 11.4 Å². The molecule has 1 saturated carbocycles. The highest BCUT2D eigenvalue weighted by Gasteiger charge is 2.26. The molecule has 2 N–H and O–H groups in total. The van der Waals surface area contributed by atoms with Gasteiger partial charge in [-0.15, -0.1) is 0 Å². The molecule has 170 valence electrons. The molecule has 0 spiro atoms. The average molecular weight is 506 g/mol. The number of nitrogens with zero attached hydrogens (tertiary/aromatic N) is 4. The number of halogens is 1. The zero-order valence-electron chi connectivity index (χ0n) is 18.8. The van der Waals surface area contributed by atoms with Gasteiger partial charge < -0.3 is 19.6 Å². The third kappa shape index (κ3) is 3.77. The minimum atomic E-state index is 0.0440. The number of carbonyl (C=O) groups excluding carboxylic acids is 1. The highest BCUT2D eigenvalue weighted by molar-refractivity contribution is 9.10. The second-order valence-electron chi connectivity index (χ2n) is 9.63. The number of carbonyl (C=O) groups is 1. The van der Waals surface area contributed by atoms with E-state index >= 15 is 0 Å². The summed E-state index contributed by atoms with van der Waals surface area (Å²) >= 11 is 3.61. The van der Waals surface area contributed by atoms with Crippen LogP contribution in [0.4, 0.5) is 0 Å². The second-order valence-corrected chi connectivity index (χ2v) is 10.5. The molecular weight excluding hydrogens is 478 g/mol. The fourth-order valence-corrected chi connectivity index (χ4v) is 5.49. The van der Waals surface area contributed by atoms with Gasteiger partial charge in [-0.05, 0) is 74.9 Å². The molecule has 3 aromatic heterocycles. The third-order valence-corrected chi connectivity index (χ3v) is 7.59. The van der Waals surface area contributed by atoms with Crippen LogP contribution in [0.15, 0.2) is 47.1 Å². The lowest BCUT2D eigenvalue weighted by Gasteiger charge is -2.30. The van der Waals surface area contributed by atoms with Crippen molar-refractivity contribution >= 4 is 38.4 Å². The number of hydrogen-bond acceptors (Lipinski definition) is 3. The molecule has 0 radical (unpaired) electrons. The maximum Gasteiger partial charge on any atom is 0.254 e. The van der Waals surface area contributed by atoms with Gasteiger partial charge in [0.05, 0.1) is 5.69 Å². The van der Waals surface area contributed by atoms with Crippen molar-refractivity contribution in [1.82, 2.24) is 18.9 Å². The van der Waals surface area contributed by atoms with Gasteiger partial charge in [0.1, 0.15) is 11.3 Å². The summed E-state index contributed by atoms with van der Waals surface area (Å²) in [5.41, 5.74) is 12.0. The number of imidazole rings is 1. The molecule has 2 aliphatic rings. The maximum absolute atomic E-state index is 13.1. The van der Waals surface area contributed by atoms with E-state index in [9.17, 15) is 4.79 Å². The van der Waals surface area contributed by atoms with Crippen LogP contribution >= 0.6 is 15.9 Å². The number of likely N-dealkylation sites (tertiary alicyclic amines) is 1. The predicted octanol–water partition coefficient (Wildman–Crippen LogP) is 5.00. The Bertz CT molecular complexity index is 1380. The lowest BCUT2D eigenvalue weighted by Crippen LogP contribution is -2.45. The predicted molar refractivity (Wildman–Crippen MR) is 134 cm³/mol. The van der Waals surface area contributed by atoms with Gasteiger partial charge in [-0.2, -0.15) is 0 Å². The molecule has 7 heteroatoms. The number of nitrogens with two attached hydrogens (primary N) is 1. The van der Waals surface area contributed by atoms with Crippen LogP contribution in [0.5, 0.6) is 0 Å². The zero-order chi connectivity index (χ0) is 22.7. The zero-order valence-corrected chi connectivity index (χ0v) is 20.4. The van der Waals surface area contributed by atoms with Crippen molar-refractivity contribution in [2.45, 2.75) is 45.2 Å². The highest BCUT2D eigenvalue weighted by Crippen LogP contribution is 2.37. The van der Waals surface area contributed by atoms with E-state index in [1.165, 1.54) is 23.7 Å². The first-order valence-electron chi connectivity index (χ1n) is 11.8. The standard InChI is InChI=1S/C26H28BrN5O/c1-16-25(23-12-19-11-20(27)6-7-22(19)32(23)14-17-4-5-17)29-24-13-18(8-10-31(16)24)26(33)30-9-2-3-21(28)15-30/h6-8,10-13,17,21H,2-5,9,14-15,28H2,1H3/t21-/m1/s1. The first kappa shape index (κ1) is 20.9. The Morgan fingerprint density at radius 2 is 2.03 bits per heavy atom. The van der Waals surface area contributed by atoms with Gasteiger partial charge in [-0.1, -0.05) is 15.9 Å². The highest BCUT2D eigenvalue weighted by atomic mass is 79.9. The molecule has 6 rings (SSSR count). The van der Waals surface area contributed by atoms with Gasteiger partial charge in [0.25, 0.3) is 5.91 Å². The first-order chi connectivity index (χ1) is 16.0. The second kappa shape index (κ2) is 7.99. The van der Waals surface area contributed by atoms with Crippen molar-refractivity contribution in [3.05, 3.63) is 58.3 Å². The summed E-state index contributed by atoms with van der Waals surface area (Å²) in [4.78, 5) is 20.0. The van der Waals surface area contributed by atoms with Crippen molar-refractivity contribution in [2.75, 3.05) is 13.1 Å². The largest absolute Gasteiger partial charge is 0.339 e. The molecule has 4 heterocycles. The number of rotatable bonds is 4. The molecule has 4 aromatic rings. The minimum Gasteiger partial charge on any atom is -0.339 e. The van der Waals surface area contributed by atoms with E-state index in [0.29, 0.717) is 12.1 Å². The fourth-order valence-electron chi connectivity index (χ4n) is 5.11. The van der Waals surface area contributed by atoms with Crippen molar-refractivity contribution < 1.29 is 4.79 Å². The van der Waals surface area contributed by atoms with Crippen molar-refractivity contribution in [2.24, 2.45) is 11.7 Å². The molecule has 1 aromatic carbocycles. The molecule has 1 saturated heterocycles. The number of pyridine rings is 1. The summed E-state index contributed by atoms with van der Waals surface area (Å²) < 4.78 is 5.59. The molecular formula is C26H28BrN5O. The van der Waals surface area contributed by atoms with E-state index in [4.69, 9.17) is 10.7 Å². The van der Waals surface area contributed by atoms with Gasteiger partial charge >= 0.3 is 0 Å². The summed E-state index contributed by atoms with van der Waals surface area (Å²) in [6, 6.07) is 12.6. The number of fused-ring (bicyclic) bond motifs is 2. The van der Waals surface area contributed by atoms with Crippen LogP contribution in [0.2, 0.25) is 0 Å². The Morgan fingerprint density at radius 3 is 2.82 bits per heavy atom. The Balaban J connectivity index is 1.42. The normalized spacial score (nSPS) is 19.0. The summed E-state index contributed by atoms with van der Waals surface area (Å²) in [6.07, 6.45) is 6.51. The molecule has 33 heavy (non-hydrogen) atoms. The topological polar surface area (TPSA) is 68.6 Å². The monoisotopic (exact) mass is 505 g/mol. The van der Waals surface area contributed by atoms with Gasteiger partial charge in [0.2, 0.25) is 0 Å². The van der Waals surface area contributed by atoms with Crippen LogP contribution in [0.3, 0.4) is 0 Å². The molecule has 0 unspecified atom stereocenters. The summed E-state index contributed by atoms with van der Waals surface area (Å²) in [5, 5.41) is 1.22. The van der Waals surface area contributed by atoms with Crippen LogP contribution < -0.4 is 5.73 Å². The SMILES string of the molecule is Cc1c(-c2cc3cc(Br)ccc3n2CC2CC2)nc2cc(C(=O)N3CCC[C@@H](N)C3)ccn12.